The summed E-state index contributed by atoms with van der Waals surface area (Å²) in [4.78, 5) is 16.3. The van der Waals surface area contributed by atoms with E-state index in [1.165, 1.54) is 11.5 Å². The minimum absolute atomic E-state index is 0.191. The molecule has 6 heteroatoms. The number of pyridine rings is 1. The summed E-state index contributed by atoms with van der Waals surface area (Å²) in [5.74, 6) is 0.358. The summed E-state index contributed by atoms with van der Waals surface area (Å²) in [5.41, 5.74) is 2.34. The van der Waals surface area contributed by atoms with Gasteiger partial charge in [0.15, 0.2) is 0 Å². The molecule has 0 bridgehead atoms. The molecule has 2 rings (SSSR count). The zero-order valence-electron chi connectivity index (χ0n) is 10.4. The van der Waals surface area contributed by atoms with Gasteiger partial charge in [-0.3, -0.25) is 4.79 Å². The lowest BCUT2D eigenvalue weighted by molar-refractivity contribution is 0.102. The van der Waals surface area contributed by atoms with Gasteiger partial charge < -0.3 is 10.6 Å². The van der Waals surface area contributed by atoms with Crippen LogP contribution in [-0.2, 0) is 0 Å². The Morgan fingerprint density at radius 2 is 2.17 bits per heavy atom. The van der Waals surface area contributed by atoms with Gasteiger partial charge in [-0.15, -0.1) is 0 Å². The average molecular weight is 262 g/mol. The Kier molecular flexibility index (Phi) is 3.57. The maximum atomic E-state index is 12.2. The fourth-order valence-electron chi connectivity index (χ4n) is 1.59. The zero-order chi connectivity index (χ0) is 13.1. The molecule has 0 fully saturated rings. The van der Waals surface area contributed by atoms with E-state index >= 15 is 0 Å². The summed E-state index contributed by atoms with van der Waals surface area (Å²) in [7, 11) is 1.77. The van der Waals surface area contributed by atoms with Gasteiger partial charge in [-0.05, 0) is 43.1 Å². The molecule has 0 saturated heterocycles. The molecule has 0 aliphatic carbocycles. The minimum Gasteiger partial charge on any atom is -0.378 e. The van der Waals surface area contributed by atoms with Crippen molar-refractivity contribution in [1.29, 1.82) is 0 Å². The van der Waals surface area contributed by atoms with Gasteiger partial charge in [-0.1, -0.05) is 0 Å². The summed E-state index contributed by atoms with van der Waals surface area (Å²) < 4.78 is 4.17. The normalized spacial score (nSPS) is 10.2. The van der Waals surface area contributed by atoms with E-state index in [9.17, 15) is 4.79 Å². The molecule has 0 aliphatic heterocycles. The van der Waals surface area contributed by atoms with Crippen LogP contribution >= 0.6 is 11.5 Å². The molecule has 18 heavy (non-hydrogen) atoms. The Morgan fingerprint density at radius 1 is 1.39 bits per heavy atom. The number of anilines is 2. The van der Waals surface area contributed by atoms with E-state index in [4.69, 9.17) is 0 Å². The first-order valence-corrected chi connectivity index (χ1v) is 6.27. The summed E-state index contributed by atoms with van der Waals surface area (Å²) in [6.45, 7) is 3.77. The molecule has 2 aromatic heterocycles. The SMILES string of the molecule is CNc1snc(C)c1C(=O)Nc1cc(C)ccn1. The van der Waals surface area contributed by atoms with Crippen molar-refractivity contribution in [3.05, 3.63) is 35.2 Å². The van der Waals surface area contributed by atoms with Crippen LogP contribution in [0.4, 0.5) is 10.8 Å². The van der Waals surface area contributed by atoms with Gasteiger partial charge in [0.25, 0.3) is 5.91 Å². The van der Waals surface area contributed by atoms with E-state index in [-0.39, 0.29) is 5.91 Å². The Labute approximate surface area is 109 Å². The van der Waals surface area contributed by atoms with Crippen LogP contribution in [0, 0.1) is 13.8 Å². The van der Waals surface area contributed by atoms with Crippen LogP contribution in [0.2, 0.25) is 0 Å². The van der Waals surface area contributed by atoms with E-state index in [0.717, 1.165) is 16.3 Å². The second-order valence-electron chi connectivity index (χ2n) is 3.89. The molecule has 2 aromatic rings. The lowest BCUT2D eigenvalue weighted by atomic mass is 10.2. The molecule has 5 nitrogen and oxygen atoms in total. The monoisotopic (exact) mass is 262 g/mol. The molecular weight excluding hydrogens is 248 g/mol. The molecule has 0 aromatic carbocycles. The highest BCUT2D eigenvalue weighted by Crippen LogP contribution is 2.24. The van der Waals surface area contributed by atoms with Gasteiger partial charge in [-0.2, -0.15) is 4.37 Å². The van der Waals surface area contributed by atoms with Crippen LogP contribution < -0.4 is 10.6 Å². The molecule has 0 unspecified atom stereocenters. The summed E-state index contributed by atoms with van der Waals surface area (Å²) in [5, 5.41) is 6.51. The predicted octanol–water partition coefficient (Wildman–Crippen LogP) is 2.45. The van der Waals surface area contributed by atoms with E-state index < -0.39 is 0 Å². The molecule has 2 heterocycles. The number of hydrogen-bond donors (Lipinski definition) is 2. The van der Waals surface area contributed by atoms with Gasteiger partial charge in [0.1, 0.15) is 10.8 Å². The maximum absolute atomic E-state index is 12.2. The summed E-state index contributed by atoms with van der Waals surface area (Å²) in [6.07, 6.45) is 1.67. The van der Waals surface area contributed by atoms with Gasteiger partial charge in [0.2, 0.25) is 0 Å². The van der Waals surface area contributed by atoms with Crippen LogP contribution in [0.3, 0.4) is 0 Å². The third-order valence-electron chi connectivity index (χ3n) is 2.47. The highest BCUT2D eigenvalue weighted by molar-refractivity contribution is 7.10. The predicted molar refractivity (Wildman–Crippen MR) is 73.3 cm³/mol. The second kappa shape index (κ2) is 5.14. The fraction of sp³-hybridized carbons (Fsp3) is 0.250. The maximum Gasteiger partial charge on any atom is 0.261 e. The van der Waals surface area contributed by atoms with Crippen molar-refractivity contribution in [3.8, 4) is 0 Å². The number of hydrogen-bond acceptors (Lipinski definition) is 5. The smallest absolute Gasteiger partial charge is 0.261 e. The second-order valence-corrected chi connectivity index (χ2v) is 4.67. The third-order valence-corrected chi connectivity index (χ3v) is 3.43. The van der Waals surface area contributed by atoms with Crippen LogP contribution in [0.1, 0.15) is 21.6 Å². The Morgan fingerprint density at radius 3 is 2.83 bits per heavy atom. The van der Waals surface area contributed by atoms with Crippen molar-refractivity contribution in [2.24, 2.45) is 0 Å². The number of aryl methyl sites for hydroxylation is 2. The molecule has 0 atom stereocenters. The first kappa shape index (κ1) is 12.5. The zero-order valence-corrected chi connectivity index (χ0v) is 11.3. The van der Waals surface area contributed by atoms with Crippen LogP contribution in [0.5, 0.6) is 0 Å². The van der Waals surface area contributed by atoms with Crippen molar-refractivity contribution < 1.29 is 4.79 Å². The number of aromatic nitrogens is 2. The summed E-state index contributed by atoms with van der Waals surface area (Å²) >= 11 is 1.28. The third kappa shape index (κ3) is 2.48. The van der Waals surface area contributed by atoms with Gasteiger partial charge >= 0.3 is 0 Å². The van der Waals surface area contributed by atoms with Crippen LogP contribution in [0.25, 0.3) is 0 Å². The quantitative estimate of drug-likeness (QED) is 0.891. The molecule has 1 amide bonds. The molecule has 0 spiro atoms. The lowest BCUT2D eigenvalue weighted by Gasteiger charge is -2.06. The van der Waals surface area contributed by atoms with Gasteiger partial charge in [-0.25, -0.2) is 4.98 Å². The van der Waals surface area contributed by atoms with Crippen LogP contribution in [-0.4, -0.2) is 22.3 Å². The van der Waals surface area contributed by atoms with Gasteiger partial charge in [0.05, 0.1) is 11.3 Å². The largest absolute Gasteiger partial charge is 0.378 e. The molecule has 2 N–H and O–H groups in total. The summed E-state index contributed by atoms with van der Waals surface area (Å²) in [6, 6.07) is 3.71. The Bertz CT molecular complexity index is 579. The number of amides is 1. The molecule has 0 saturated carbocycles. The van der Waals surface area contributed by atoms with Crippen molar-refractivity contribution >= 4 is 28.3 Å². The van der Waals surface area contributed by atoms with Crippen LogP contribution in [0.15, 0.2) is 18.3 Å². The lowest BCUT2D eigenvalue weighted by Crippen LogP contribution is -2.14. The Balaban J connectivity index is 2.24. The number of rotatable bonds is 3. The van der Waals surface area contributed by atoms with Gasteiger partial charge in [0, 0.05) is 13.2 Å². The Hall–Kier alpha value is -1.95. The number of nitrogens with one attached hydrogen (secondary N) is 2. The van der Waals surface area contributed by atoms with E-state index in [1.54, 1.807) is 13.2 Å². The molecular formula is C12H14N4OS. The molecule has 0 radical (unpaired) electrons. The van der Waals surface area contributed by atoms with E-state index in [2.05, 4.69) is 20.0 Å². The van der Waals surface area contributed by atoms with Crippen molar-refractivity contribution in [2.75, 3.05) is 17.7 Å². The topological polar surface area (TPSA) is 66.9 Å². The average Bonchev–Trinajstić information content (AvgIpc) is 2.70. The van der Waals surface area contributed by atoms with E-state index in [0.29, 0.717) is 11.4 Å². The van der Waals surface area contributed by atoms with Crippen molar-refractivity contribution in [3.63, 3.8) is 0 Å². The van der Waals surface area contributed by atoms with Crippen molar-refractivity contribution in [1.82, 2.24) is 9.36 Å². The highest BCUT2D eigenvalue weighted by Gasteiger charge is 2.17. The first-order valence-electron chi connectivity index (χ1n) is 5.50. The minimum atomic E-state index is -0.191. The highest BCUT2D eigenvalue weighted by atomic mass is 32.1. The fourth-order valence-corrected chi connectivity index (χ4v) is 2.33. The molecule has 94 valence electrons. The first-order chi connectivity index (χ1) is 8.61. The standard InChI is InChI=1S/C12H14N4OS/c1-7-4-5-14-9(6-7)15-11(17)10-8(2)16-18-12(10)13-3/h4-6,13H,1-3H3,(H,14,15,17). The number of carbonyl (C=O) groups excluding carboxylic acids is 1. The number of carbonyl (C=O) groups is 1. The van der Waals surface area contributed by atoms with Crippen molar-refractivity contribution in [2.45, 2.75) is 13.8 Å². The van der Waals surface area contributed by atoms with E-state index in [1.807, 2.05) is 26.0 Å². The number of nitrogens with zero attached hydrogens (tertiary/aromatic N) is 2. The molecule has 0 aliphatic rings.